The molecule has 0 atom stereocenters. The molecule has 0 saturated carbocycles. The number of rotatable bonds is 13. The van der Waals surface area contributed by atoms with Gasteiger partial charge in [-0.2, -0.15) is 0 Å². The Hall–Kier alpha value is -3.24. The number of hydrogen-bond donors (Lipinski definition) is 4. The third-order valence-corrected chi connectivity index (χ3v) is 5.84. The Labute approximate surface area is 199 Å². The normalized spacial score (nSPS) is 11.4. The molecule has 10 heteroatoms. The zero-order valence-corrected chi connectivity index (χ0v) is 20.2. The molecule has 2 rings (SSSR count). The fraction of sp³-hybridized carbons (Fsp3) is 0.500. The lowest BCUT2D eigenvalue weighted by Crippen LogP contribution is -2.39. The number of carboxylic acids is 2. The largest absolute Gasteiger partial charge is 0.506 e. The lowest BCUT2D eigenvalue weighted by molar-refractivity contribution is -0.140. The Bertz CT molecular complexity index is 946. The van der Waals surface area contributed by atoms with Crippen LogP contribution in [-0.4, -0.2) is 78.3 Å². The Morgan fingerprint density at radius 2 is 1.12 bits per heavy atom. The van der Waals surface area contributed by atoms with Crippen LogP contribution in [0.25, 0.3) is 0 Å². The fourth-order valence-electron chi connectivity index (χ4n) is 3.87. The van der Waals surface area contributed by atoms with Gasteiger partial charge in [-0.25, -0.2) is 0 Å². The molecule has 0 fully saturated rings. The van der Waals surface area contributed by atoms with Gasteiger partial charge < -0.3 is 20.4 Å². The third kappa shape index (κ3) is 7.13. The predicted molar refractivity (Wildman–Crippen MR) is 126 cm³/mol. The van der Waals surface area contributed by atoms with Crippen molar-refractivity contribution in [2.75, 3.05) is 26.2 Å². The zero-order chi connectivity index (χ0) is 25.4. The zero-order valence-electron chi connectivity index (χ0n) is 20.2. The summed E-state index contributed by atoms with van der Waals surface area (Å²) in [5.74, 6) is -1.96. The first-order valence-electron chi connectivity index (χ1n) is 11.3. The Balaban J connectivity index is 2.27. The molecule has 0 amide bonds. The Morgan fingerprint density at radius 1 is 0.765 bits per heavy atom. The number of aryl methyl sites for hydroxylation is 4. The maximum atomic E-state index is 11.5. The Kier molecular flexibility index (Phi) is 9.76. The van der Waals surface area contributed by atoms with Crippen LogP contribution in [0.3, 0.4) is 0 Å². The molecule has 4 N–H and O–H groups in total. The lowest BCUT2D eigenvalue weighted by atomic mass is 10.0. The molecule has 0 unspecified atom stereocenters. The molecule has 34 heavy (non-hydrogen) atoms. The van der Waals surface area contributed by atoms with E-state index < -0.39 is 11.9 Å². The van der Waals surface area contributed by atoms with Gasteiger partial charge in [0, 0.05) is 49.7 Å². The minimum Gasteiger partial charge on any atom is -0.506 e. The summed E-state index contributed by atoms with van der Waals surface area (Å²) in [5.41, 5.74) is 3.82. The highest BCUT2D eigenvalue weighted by molar-refractivity contribution is 5.69. The first-order chi connectivity index (χ1) is 16.1. The van der Waals surface area contributed by atoms with E-state index in [-0.39, 0.29) is 50.8 Å². The molecule has 0 bridgehead atoms. The van der Waals surface area contributed by atoms with Gasteiger partial charge in [0.2, 0.25) is 0 Å². The number of aromatic nitrogens is 2. The average molecular weight is 475 g/mol. The molecular weight excluding hydrogens is 440 g/mol. The van der Waals surface area contributed by atoms with Crippen LogP contribution in [0.15, 0.2) is 12.4 Å². The minimum absolute atomic E-state index is 0.0434. The van der Waals surface area contributed by atoms with Crippen LogP contribution >= 0.6 is 0 Å². The van der Waals surface area contributed by atoms with E-state index in [0.717, 1.165) is 11.1 Å². The van der Waals surface area contributed by atoms with Gasteiger partial charge in [-0.3, -0.25) is 29.4 Å². The molecule has 0 radical (unpaired) electrons. The van der Waals surface area contributed by atoms with Crippen LogP contribution in [0.4, 0.5) is 0 Å². The van der Waals surface area contributed by atoms with Crippen molar-refractivity contribution in [1.82, 2.24) is 19.8 Å². The van der Waals surface area contributed by atoms with Crippen molar-refractivity contribution in [3.05, 3.63) is 46.0 Å². The van der Waals surface area contributed by atoms with Crippen LogP contribution in [-0.2, 0) is 35.5 Å². The first kappa shape index (κ1) is 27.0. The summed E-state index contributed by atoms with van der Waals surface area (Å²) in [4.78, 5) is 34.7. The predicted octanol–water partition coefficient (Wildman–Crippen LogP) is 2.10. The number of pyridine rings is 2. The van der Waals surface area contributed by atoms with Crippen LogP contribution in [0.1, 0.15) is 47.5 Å². The maximum absolute atomic E-state index is 11.5. The average Bonchev–Trinajstić information content (AvgIpc) is 2.77. The van der Waals surface area contributed by atoms with Crippen LogP contribution in [0.5, 0.6) is 11.5 Å². The van der Waals surface area contributed by atoms with Crippen molar-refractivity contribution in [3.63, 3.8) is 0 Å². The number of carboxylic acid groups (broad SMARTS) is 2. The quantitative estimate of drug-likeness (QED) is 0.340. The van der Waals surface area contributed by atoms with E-state index in [4.69, 9.17) is 0 Å². The van der Waals surface area contributed by atoms with E-state index in [9.17, 15) is 30.0 Å². The summed E-state index contributed by atoms with van der Waals surface area (Å²) >= 11 is 0. The lowest BCUT2D eigenvalue weighted by Gasteiger charge is -2.27. The number of hydrogen-bond acceptors (Lipinski definition) is 8. The molecule has 0 aliphatic rings. The number of carbonyl (C=O) groups is 2. The van der Waals surface area contributed by atoms with Crippen molar-refractivity contribution in [3.8, 4) is 11.5 Å². The molecule has 0 aromatic carbocycles. The summed E-state index contributed by atoms with van der Waals surface area (Å²) in [6.45, 7) is 7.55. The number of nitrogens with zero attached hydrogens (tertiary/aromatic N) is 4. The van der Waals surface area contributed by atoms with Crippen molar-refractivity contribution in [1.29, 1.82) is 0 Å². The standard InChI is InChI=1S/C24H34N4O6/c1-5-17-9-25-15(3)23(33)19(17)11-27(13-21(29)30)7-8-28(14-22(31)32)12-20-18(6-2)10-26-16(4)24(20)34/h9-10,33-34H,5-8,11-14H2,1-4H3,(H,29,30)(H,31,32). The van der Waals surface area contributed by atoms with Gasteiger partial charge in [-0.05, 0) is 37.8 Å². The van der Waals surface area contributed by atoms with Gasteiger partial charge in [0.15, 0.2) is 0 Å². The summed E-state index contributed by atoms with van der Waals surface area (Å²) in [5, 5.41) is 39.9. The second-order valence-corrected chi connectivity index (χ2v) is 8.31. The summed E-state index contributed by atoms with van der Waals surface area (Å²) < 4.78 is 0. The second kappa shape index (κ2) is 12.3. The monoisotopic (exact) mass is 474 g/mol. The molecular formula is C24H34N4O6. The minimum atomic E-state index is -1.02. The van der Waals surface area contributed by atoms with Crippen LogP contribution in [0.2, 0.25) is 0 Å². The highest BCUT2D eigenvalue weighted by atomic mass is 16.4. The van der Waals surface area contributed by atoms with E-state index in [1.807, 2.05) is 13.8 Å². The molecule has 2 aromatic heterocycles. The highest BCUT2D eigenvalue weighted by Crippen LogP contribution is 2.27. The highest BCUT2D eigenvalue weighted by Gasteiger charge is 2.21. The molecule has 2 heterocycles. The smallest absolute Gasteiger partial charge is 0.317 e. The van der Waals surface area contributed by atoms with E-state index >= 15 is 0 Å². The SMILES string of the molecule is CCc1cnc(C)c(O)c1CN(CCN(CC(=O)O)Cc1c(CC)cnc(C)c1O)CC(=O)O. The Morgan fingerprint density at radius 3 is 1.41 bits per heavy atom. The van der Waals surface area contributed by atoms with Crippen LogP contribution in [0, 0.1) is 13.8 Å². The second-order valence-electron chi connectivity index (χ2n) is 8.31. The molecule has 0 aliphatic heterocycles. The molecule has 0 saturated heterocycles. The summed E-state index contributed by atoms with van der Waals surface area (Å²) in [6.07, 6.45) is 4.62. The van der Waals surface area contributed by atoms with E-state index in [1.54, 1.807) is 36.0 Å². The molecule has 0 aliphatic carbocycles. The molecule has 2 aromatic rings. The summed E-state index contributed by atoms with van der Waals surface area (Å²) in [6, 6.07) is 0. The number of aromatic hydroxyl groups is 2. The van der Waals surface area contributed by atoms with Crippen molar-refractivity contribution >= 4 is 11.9 Å². The van der Waals surface area contributed by atoms with Crippen molar-refractivity contribution in [2.24, 2.45) is 0 Å². The molecule has 186 valence electrons. The topological polar surface area (TPSA) is 147 Å². The molecule has 10 nitrogen and oxygen atoms in total. The molecule has 0 spiro atoms. The van der Waals surface area contributed by atoms with Gasteiger partial charge in [0.05, 0.1) is 24.5 Å². The summed E-state index contributed by atoms with van der Waals surface area (Å²) in [7, 11) is 0. The van der Waals surface area contributed by atoms with Gasteiger partial charge in [-0.1, -0.05) is 13.8 Å². The fourth-order valence-corrected chi connectivity index (χ4v) is 3.87. The van der Waals surface area contributed by atoms with Gasteiger partial charge in [0.1, 0.15) is 11.5 Å². The van der Waals surface area contributed by atoms with Gasteiger partial charge >= 0.3 is 11.9 Å². The van der Waals surface area contributed by atoms with Gasteiger partial charge in [0.25, 0.3) is 0 Å². The van der Waals surface area contributed by atoms with E-state index in [1.165, 1.54) is 0 Å². The van der Waals surface area contributed by atoms with E-state index in [2.05, 4.69) is 9.97 Å². The van der Waals surface area contributed by atoms with Crippen molar-refractivity contribution in [2.45, 2.75) is 53.6 Å². The van der Waals surface area contributed by atoms with E-state index in [0.29, 0.717) is 35.4 Å². The van der Waals surface area contributed by atoms with Gasteiger partial charge in [-0.15, -0.1) is 0 Å². The first-order valence-corrected chi connectivity index (χ1v) is 11.3. The number of aliphatic carboxylic acids is 2. The van der Waals surface area contributed by atoms with Crippen LogP contribution < -0.4 is 0 Å². The maximum Gasteiger partial charge on any atom is 0.317 e. The van der Waals surface area contributed by atoms with Crippen molar-refractivity contribution < 1.29 is 30.0 Å². The third-order valence-electron chi connectivity index (χ3n) is 5.84.